The van der Waals surface area contributed by atoms with E-state index in [4.69, 9.17) is 18.9 Å². The zero-order chi connectivity index (χ0) is 18.7. The lowest BCUT2D eigenvalue weighted by Crippen LogP contribution is -2.41. The van der Waals surface area contributed by atoms with Gasteiger partial charge in [-0.1, -0.05) is 12.1 Å². The second-order valence-electron chi connectivity index (χ2n) is 5.80. The fourth-order valence-corrected chi connectivity index (χ4v) is 3.91. The van der Waals surface area contributed by atoms with E-state index in [0.29, 0.717) is 23.0 Å². The number of rotatable bonds is 6. The SMILES string of the molecule is COc1ccc(S(=O)(=O)N(C)C[C@@H]2COc3ccccc3O2)cc1OC. The molecule has 0 aliphatic carbocycles. The molecule has 0 radical (unpaired) electrons. The van der Waals surface area contributed by atoms with Crippen molar-refractivity contribution in [2.75, 3.05) is 34.4 Å². The minimum Gasteiger partial charge on any atom is -0.493 e. The first kappa shape index (κ1) is 18.3. The molecule has 0 amide bonds. The van der Waals surface area contributed by atoms with Crippen molar-refractivity contribution in [3.63, 3.8) is 0 Å². The first-order chi connectivity index (χ1) is 12.5. The fraction of sp³-hybridized carbons (Fsp3) is 0.333. The number of hydrogen-bond donors (Lipinski definition) is 0. The molecule has 0 saturated heterocycles. The van der Waals surface area contributed by atoms with Crippen molar-refractivity contribution < 1.29 is 27.4 Å². The second-order valence-corrected chi connectivity index (χ2v) is 7.84. The second kappa shape index (κ2) is 7.43. The van der Waals surface area contributed by atoms with E-state index < -0.39 is 16.1 Å². The van der Waals surface area contributed by atoms with Crippen LogP contribution in [0.3, 0.4) is 0 Å². The highest BCUT2D eigenvalue weighted by atomic mass is 32.2. The molecule has 1 heterocycles. The van der Waals surface area contributed by atoms with E-state index in [1.54, 1.807) is 12.1 Å². The average molecular weight is 379 g/mol. The van der Waals surface area contributed by atoms with Crippen LogP contribution < -0.4 is 18.9 Å². The van der Waals surface area contributed by atoms with Gasteiger partial charge in [0.05, 0.1) is 25.7 Å². The predicted octanol–water partition coefficient (Wildman–Crippen LogP) is 2.16. The maximum atomic E-state index is 12.9. The number of para-hydroxylation sites is 2. The lowest BCUT2D eigenvalue weighted by Gasteiger charge is -2.29. The van der Waals surface area contributed by atoms with Crippen LogP contribution in [0.15, 0.2) is 47.4 Å². The van der Waals surface area contributed by atoms with E-state index in [9.17, 15) is 8.42 Å². The van der Waals surface area contributed by atoms with Crippen molar-refractivity contribution >= 4 is 10.0 Å². The van der Waals surface area contributed by atoms with Gasteiger partial charge < -0.3 is 18.9 Å². The Hall–Kier alpha value is -2.45. The molecule has 0 spiro atoms. The van der Waals surface area contributed by atoms with E-state index in [0.717, 1.165) is 0 Å². The molecule has 0 bridgehead atoms. The Morgan fingerprint density at radius 3 is 2.46 bits per heavy atom. The molecule has 0 aromatic heterocycles. The Kier molecular flexibility index (Phi) is 5.24. The normalized spacial score (nSPS) is 16.4. The van der Waals surface area contributed by atoms with Crippen LogP contribution in [-0.4, -0.2) is 53.2 Å². The Labute approximate surface area is 153 Å². The minimum absolute atomic E-state index is 0.120. The third-order valence-corrected chi connectivity index (χ3v) is 5.91. The molecule has 26 heavy (non-hydrogen) atoms. The summed E-state index contributed by atoms with van der Waals surface area (Å²) in [6.45, 7) is 0.438. The predicted molar refractivity (Wildman–Crippen MR) is 95.7 cm³/mol. The largest absolute Gasteiger partial charge is 0.493 e. The number of methoxy groups -OCH3 is 2. The number of ether oxygens (including phenoxy) is 4. The Morgan fingerprint density at radius 1 is 1.08 bits per heavy atom. The Morgan fingerprint density at radius 2 is 1.77 bits per heavy atom. The maximum Gasteiger partial charge on any atom is 0.243 e. The first-order valence-electron chi connectivity index (χ1n) is 8.02. The third kappa shape index (κ3) is 3.56. The van der Waals surface area contributed by atoms with Gasteiger partial charge in [0.15, 0.2) is 23.0 Å². The highest BCUT2D eigenvalue weighted by molar-refractivity contribution is 7.89. The molecule has 8 heteroatoms. The fourth-order valence-electron chi connectivity index (χ4n) is 2.69. The summed E-state index contributed by atoms with van der Waals surface area (Å²) >= 11 is 0. The Bertz CT molecular complexity index is 883. The van der Waals surface area contributed by atoms with Crippen LogP contribution >= 0.6 is 0 Å². The van der Waals surface area contributed by atoms with Gasteiger partial charge in [0.1, 0.15) is 12.7 Å². The number of sulfonamides is 1. The molecule has 1 atom stereocenters. The molecule has 1 aliphatic rings. The lowest BCUT2D eigenvalue weighted by atomic mass is 10.2. The van der Waals surface area contributed by atoms with E-state index in [-0.39, 0.29) is 18.0 Å². The number of benzene rings is 2. The topological polar surface area (TPSA) is 74.3 Å². The number of nitrogens with zero attached hydrogens (tertiary/aromatic N) is 1. The van der Waals surface area contributed by atoms with Gasteiger partial charge in [0, 0.05) is 13.1 Å². The Balaban J connectivity index is 1.76. The van der Waals surface area contributed by atoms with Crippen LogP contribution in [0.2, 0.25) is 0 Å². The molecule has 0 unspecified atom stereocenters. The first-order valence-corrected chi connectivity index (χ1v) is 9.46. The summed E-state index contributed by atoms with van der Waals surface area (Å²) in [5, 5.41) is 0. The highest BCUT2D eigenvalue weighted by Gasteiger charge is 2.28. The van der Waals surface area contributed by atoms with Gasteiger partial charge in [-0.3, -0.25) is 0 Å². The van der Waals surface area contributed by atoms with Crippen LogP contribution in [0, 0.1) is 0 Å². The molecule has 1 aliphatic heterocycles. The summed E-state index contributed by atoms with van der Waals surface area (Å²) in [7, 11) is 0.756. The number of fused-ring (bicyclic) bond motifs is 1. The molecule has 3 rings (SSSR count). The zero-order valence-electron chi connectivity index (χ0n) is 14.8. The van der Waals surface area contributed by atoms with Gasteiger partial charge in [0.25, 0.3) is 0 Å². The maximum absolute atomic E-state index is 12.9. The van der Waals surface area contributed by atoms with E-state index in [2.05, 4.69) is 0 Å². The van der Waals surface area contributed by atoms with Gasteiger partial charge in [-0.15, -0.1) is 0 Å². The molecule has 7 nitrogen and oxygen atoms in total. The summed E-state index contributed by atoms with van der Waals surface area (Å²) in [5.74, 6) is 2.10. The van der Waals surface area contributed by atoms with Crippen LogP contribution in [0.1, 0.15) is 0 Å². The molecule has 2 aromatic rings. The number of likely N-dealkylation sites (N-methyl/N-ethyl adjacent to an activating group) is 1. The van der Waals surface area contributed by atoms with Gasteiger partial charge in [0.2, 0.25) is 10.0 Å². The average Bonchev–Trinajstić information content (AvgIpc) is 2.67. The molecular formula is C18H21NO6S. The van der Waals surface area contributed by atoms with Crippen molar-refractivity contribution in [3.05, 3.63) is 42.5 Å². The van der Waals surface area contributed by atoms with Crippen molar-refractivity contribution in [1.29, 1.82) is 0 Å². The summed E-state index contributed by atoms with van der Waals surface area (Å²) < 4.78 is 48.8. The van der Waals surface area contributed by atoms with Crippen LogP contribution in [0.5, 0.6) is 23.0 Å². The third-order valence-electron chi connectivity index (χ3n) is 4.09. The highest BCUT2D eigenvalue weighted by Crippen LogP contribution is 2.32. The van der Waals surface area contributed by atoms with Gasteiger partial charge in [-0.2, -0.15) is 4.31 Å². The van der Waals surface area contributed by atoms with Crippen LogP contribution in [0.25, 0.3) is 0 Å². The quantitative estimate of drug-likeness (QED) is 0.766. The van der Waals surface area contributed by atoms with E-state index >= 15 is 0 Å². The standard InChI is InChI=1S/C18H21NO6S/c1-19(11-13-12-24-16-6-4-5-7-17(16)25-13)26(20,21)14-8-9-15(22-2)18(10-14)23-3/h4-10,13H,11-12H2,1-3H3/t13-/m1/s1. The molecule has 0 saturated carbocycles. The summed E-state index contributed by atoms with van der Waals surface area (Å²) in [5.41, 5.74) is 0. The zero-order valence-corrected chi connectivity index (χ0v) is 15.7. The summed E-state index contributed by atoms with van der Waals surface area (Å²) in [4.78, 5) is 0.120. The molecule has 140 valence electrons. The van der Waals surface area contributed by atoms with Crippen molar-refractivity contribution in [2.45, 2.75) is 11.0 Å². The van der Waals surface area contributed by atoms with Crippen molar-refractivity contribution in [3.8, 4) is 23.0 Å². The van der Waals surface area contributed by atoms with Crippen LogP contribution in [-0.2, 0) is 10.0 Å². The molecule has 2 aromatic carbocycles. The monoisotopic (exact) mass is 379 g/mol. The van der Waals surface area contributed by atoms with E-state index in [1.807, 2.05) is 18.2 Å². The lowest BCUT2D eigenvalue weighted by molar-refractivity contribution is 0.0798. The smallest absolute Gasteiger partial charge is 0.243 e. The van der Waals surface area contributed by atoms with Crippen molar-refractivity contribution in [2.24, 2.45) is 0 Å². The van der Waals surface area contributed by atoms with Gasteiger partial charge in [-0.25, -0.2) is 8.42 Å². The molecule has 0 N–H and O–H groups in total. The van der Waals surface area contributed by atoms with E-state index in [1.165, 1.54) is 37.7 Å². The van der Waals surface area contributed by atoms with Crippen molar-refractivity contribution in [1.82, 2.24) is 4.31 Å². The van der Waals surface area contributed by atoms with Crippen LogP contribution in [0.4, 0.5) is 0 Å². The van der Waals surface area contributed by atoms with Gasteiger partial charge >= 0.3 is 0 Å². The minimum atomic E-state index is -3.71. The summed E-state index contributed by atoms with van der Waals surface area (Å²) in [6, 6.07) is 11.8. The van der Waals surface area contributed by atoms with Gasteiger partial charge in [-0.05, 0) is 24.3 Å². The summed E-state index contributed by atoms with van der Waals surface area (Å²) in [6.07, 6.45) is -0.398. The molecule has 0 fully saturated rings. The number of hydrogen-bond acceptors (Lipinski definition) is 6. The molecular weight excluding hydrogens is 358 g/mol.